The number of likely N-dealkylation sites (tertiary alicyclic amines) is 1. The molecule has 4 aliphatic heterocycles. The van der Waals surface area contributed by atoms with E-state index in [0.717, 1.165) is 60.5 Å². The standard InChI is InChI=1S/C41H45N11O6/c1-23-3-2-4-31(45-23)38(55)47-26-18-28(19-26)51-22-44-35-36(42-21-43-37(35)51)46-25-11-15-50(16-12-25)34(54)17-24-9-13-49(14-10-24)27-5-6-29-30(20-27)41(58)52(40(29)57)32-7-8-33(53)48-39(32)56/h2-6,20-22,24-26,28,32H,7-19H2,1H3,(H,47,55)(H,42,43,46)(H,48,53,56)/t26?,28?,32-/m0/s1. The van der Waals surface area contributed by atoms with Crippen LogP contribution in [-0.2, 0) is 14.4 Å². The normalized spacial score (nSPS) is 22.8. The van der Waals surface area contributed by atoms with E-state index >= 15 is 0 Å². The van der Waals surface area contributed by atoms with Gasteiger partial charge in [-0.25, -0.2) is 19.9 Å². The van der Waals surface area contributed by atoms with Gasteiger partial charge in [0.25, 0.3) is 17.7 Å². The van der Waals surface area contributed by atoms with Gasteiger partial charge in [0.15, 0.2) is 11.5 Å². The SMILES string of the molecule is Cc1cccc(C(=O)NC2CC(n3cnc4c(NC5CCN(C(=O)CC6CCN(c7ccc8c(c7)C(=O)N([C@H]7CCC(=O)NC7=O)C8=O)CC6)CC5)ncnc43)C2)n1. The first kappa shape index (κ1) is 37.3. The Labute approximate surface area is 334 Å². The number of anilines is 2. The Kier molecular flexibility index (Phi) is 9.81. The minimum absolute atomic E-state index is 0.0536. The molecule has 0 unspecified atom stereocenters. The lowest BCUT2D eigenvalue weighted by molar-refractivity contribution is -0.136. The van der Waals surface area contributed by atoms with Crippen LogP contribution in [0.25, 0.3) is 11.2 Å². The fourth-order valence-corrected chi connectivity index (χ4v) is 8.98. The van der Waals surface area contributed by atoms with E-state index in [-0.39, 0.29) is 59.8 Å². The molecule has 6 amide bonds. The number of benzene rings is 1. The number of rotatable bonds is 9. The molecule has 1 aliphatic carbocycles. The van der Waals surface area contributed by atoms with Gasteiger partial charge in [-0.3, -0.25) is 39.0 Å². The largest absolute Gasteiger partial charge is 0.371 e. The van der Waals surface area contributed by atoms with E-state index in [9.17, 15) is 28.8 Å². The van der Waals surface area contributed by atoms with Crippen molar-refractivity contribution in [3.63, 3.8) is 0 Å². The van der Waals surface area contributed by atoms with Gasteiger partial charge in [-0.15, -0.1) is 0 Å². The van der Waals surface area contributed by atoms with Crippen molar-refractivity contribution in [3.05, 3.63) is 71.6 Å². The van der Waals surface area contributed by atoms with Gasteiger partial charge in [0, 0.05) is 68.5 Å². The molecule has 9 rings (SSSR count). The van der Waals surface area contributed by atoms with Crippen molar-refractivity contribution < 1.29 is 28.8 Å². The van der Waals surface area contributed by atoms with Crippen LogP contribution < -0.4 is 20.9 Å². The first-order valence-electron chi connectivity index (χ1n) is 20.2. The highest BCUT2D eigenvalue weighted by Gasteiger charge is 2.45. The second-order valence-corrected chi connectivity index (χ2v) is 16.1. The van der Waals surface area contributed by atoms with Crippen molar-refractivity contribution in [1.29, 1.82) is 0 Å². The molecule has 7 heterocycles. The van der Waals surface area contributed by atoms with Crippen LogP contribution in [0, 0.1) is 12.8 Å². The third-order valence-corrected chi connectivity index (χ3v) is 12.4. The number of amides is 6. The van der Waals surface area contributed by atoms with Crippen molar-refractivity contribution in [2.75, 3.05) is 36.4 Å². The summed E-state index contributed by atoms with van der Waals surface area (Å²) < 4.78 is 2.06. The number of fused-ring (bicyclic) bond motifs is 2. The molecule has 17 heteroatoms. The second-order valence-electron chi connectivity index (χ2n) is 16.1. The Balaban J connectivity index is 0.731. The molecule has 58 heavy (non-hydrogen) atoms. The summed E-state index contributed by atoms with van der Waals surface area (Å²) in [5.41, 5.74) is 4.04. The summed E-state index contributed by atoms with van der Waals surface area (Å²) in [6, 6.07) is 9.98. The zero-order chi connectivity index (χ0) is 40.1. The average molecular weight is 788 g/mol. The number of carbonyl (C=O) groups excluding carboxylic acids is 6. The molecule has 300 valence electrons. The van der Waals surface area contributed by atoms with Crippen LogP contribution in [0.2, 0.25) is 0 Å². The molecule has 0 spiro atoms. The molecule has 0 bridgehead atoms. The Morgan fingerprint density at radius 1 is 0.862 bits per heavy atom. The first-order chi connectivity index (χ1) is 28.1. The van der Waals surface area contributed by atoms with Crippen molar-refractivity contribution in [2.45, 2.75) is 88.9 Å². The lowest BCUT2D eigenvalue weighted by atomic mass is 9.86. The van der Waals surface area contributed by atoms with Crippen LogP contribution in [0.4, 0.5) is 11.5 Å². The molecular formula is C41H45N11O6. The summed E-state index contributed by atoms with van der Waals surface area (Å²) in [5.74, 6) is -1.14. The Morgan fingerprint density at radius 3 is 2.40 bits per heavy atom. The van der Waals surface area contributed by atoms with E-state index < -0.39 is 29.7 Å². The van der Waals surface area contributed by atoms with Gasteiger partial charge in [0.2, 0.25) is 17.7 Å². The molecule has 4 fully saturated rings. The number of nitrogens with one attached hydrogen (secondary N) is 3. The number of pyridine rings is 1. The van der Waals surface area contributed by atoms with Crippen LogP contribution in [0.3, 0.4) is 0 Å². The fourth-order valence-electron chi connectivity index (χ4n) is 8.98. The van der Waals surface area contributed by atoms with Gasteiger partial charge in [0.05, 0.1) is 17.5 Å². The molecule has 1 saturated carbocycles. The molecule has 3 aromatic heterocycles. The maximum Gasteiger partial charge on any atom is 0.270 e. The van der Waals surface area contributed by atoms with E-state index in [1.807, 2.05) is 30.0 Å². The molecule has 0 radical (unpaired) electrons. The van der Waals surface area contributed by atoms with Gasteiger partial charge in [0.1, 0.15) is 23.6 Å². The van der Waals surface area contributed by atoms with E-state index in [2.05, 4.69) is 45.4 Å². The summed E-state index contributed by atoms with van der Waals surface area (Å²) in [5, 5.41) is 8.88. The maximum absolute atomic E-state index is 13.4. The summed E-state index contributed by atoms with van der Waals surface area (Å²) in [4.78, 5) is 99.7. The summed E-state index contributed by atoms with van der Waals surface area (Å²) >= 11 is 0. The number of hydrogen-bond acceptors (Lipinski definition) is 12. The average Bonchev–Trinajstić information content (AvgIpc) is 3.74. The van der Waals surface area contributed by atoms with Crippen molar-refractivity contribution in [2.24, 2.45) is 5.92 Å². The molecule has 17 nitrogen and oxygen atoms in total. The zero-order valence-corrected chi connectivity index (χ0v) is 32.2. The molecule has 3 N–H and O–H groups in total. The topological polar surface area (TPSA) is 205 Å². The minimum Gasteiger partial charge on any atom is -0.371 e. The summed E-state index contributed by atoms with van der Waals surface area (Å²) in [6.07, 6.45) is 8.81. The number of nitrogens with zero attached hydrogens (tertiary/aromatic N) is 8. The quantitative estimate of drug-likeness (QED) is 0.210. The molecule has 5 aliphatic rings. The smallest absolute Gasteiger partial charge is 0.270 e. The van der Waals surface area contributed by atoms with Gasteiger partial charge in [-0.2, -0.15) is 0 Å². The Bertz CT molecular complexity index is 2320. The Hall–Kier alpha value is -6.26. The van der Waals surface area contributed by atoms with Gasteiger partial charge in [-0.05, 0) is 88.1 Å². The van der Waals surface area contributed by atoms with E-state index in [4.69, 9.17) is 0 Å². The third kappa shape index (κ3) is 7.13. The summed E-state index contributed by atoms with van der Waals surface area (Å²) in [6.45, 7) is 4.61. The highest BCUT2D eigenvalue weighted by atomic mass is 16.2. The number of carbonyl (C=O) groups is 6. The zero-order valence-electron chi connectivity index (χ0n) is 32.2. The number of piperidine rings is 3. The van der Waals surface area contributed by atoms with Gasteiger partial charge in [-0.1, -0.05) is 6.07 Å². The van der Waals surface area contributed by atoms with E-state index in [1.54, 1.807) is 30.9 Å². The monoisotopic (exact) mass is 787 g/mol. The molecule has 4 aromatic rings. The second kappa shape index (κ2) is 15.2. The van der Waals surface area contributed by atoms with Gasteiger partial charge < -0.3 is 25.0 Å². The Morgan fingerprint density at radius 2 is 1.64 bits per heavy atom. The first-order valence-corrected chi connectivity index (χ1v) is 20.2. The maximum atomic E-state index is 13.4. The predicted octanol–water partition coefficient (Wildman–Crippen LogP) is 2.77. The third-order valence-electron chi connectivity index (χ3n) is 12.4. The summed E-state index contributed by atoms with van der Waals surface area (Å²) in [7, 11) is 0. The lowest BCUT2D eigenvalue weighted by Crippen LogP contribution is -2.54. The van der Waals surface area contributed by atoms with E-state index in [0.29, 0.717) is 49.6 Å². The van der Waals surface area contributed by atoms with Crippen LogP contribution in [0.5, 0.6) is 0 Å². The van der Waals surface area contributed by atoms with Crippen molar-refractivity contribution >= 4 is 58.1 Å². The number of imide groups is 2. The fraction of sp³-hybridized carbons (Fsp3) is 0.463. The van der Waals surface area contributed by atoms with Crippen LogP contribution in [0.15, 0.2) is 49.1 Å². The van der Waals surface area contributed by atoms with Gasteiger partial charge >= 0.3 is 0 Å². The number of aromatic nitrogens is 5. The highest BCUT2D eigenvalue weighted by molar-refractivity contribution is 6.23. The van der Waals surface area contributed by atoms with Crippen LogP contribution in [0.1, 0.15) is 101 Å². The highest BCUT2D eigenvalue weighted by Crippen LogP contribution is 2.36. The van der Waals surface area contributed by atoms with Crippen LogP contribution >= 0.6 is 0 Å². The van der Waals surface area contributed by atoms with E-state index in [1.165, 1.54) is 0 Å². The number of aryl methyl sites for hydroxylation is 1. The molecule has 3 saturated heterocycles. The molecule has 1 atom stereocenters. The van der Waals surface area contributed by atoms with Crippen molar-refractivity contribution in [1.82, 2.24) is 44.9 Å². The minimum atomic E-state index is -0.997. The van der Waals surface area contributed by atoms with Crippen molar-refractivity contribution in [3.8, 4) is 0 Å². The number of hydrogen-bond donors (Lipinski definition) is 3. The lowest BCUT2D eigenvalue weighted by Gasteiger charge is -2.36. The number of imidazole rings is 1. The predicted molar refractivity (Wildman–Crippen MR) is 210 cm³/mol. The van der Waals surface area contributed by atoms with Crippen LogP contribution in [-0.4, -0.2) is 114 Å². The molecular weight excluding hydrogens is 743 g/mol. The molecule has 1 aromatic carbocycles.